The Hall–Kier alpha value is -1.40. The monoisotopic (exact) mass is 307 g/mol. The minimum Gasteiger partial charge on any atom is -0.296 e. The van der Waals surface area contributed by atoms with Crippen molar-refractivity contribution in [3.8, 4) is 0 Å². The molecule has 1 amide bonds. The number of aryl methyl sites for hydroxylation is 1. The van der Waals surface area contributed by atoms with E-state index in [0.29, 0.717) is 16.6 Å². The van der Waals surface area contributed by atoms with E-state index in [1.54, 1.807) is 11.8 Å². The van der Waals surface area contributed by atoms with Gasteiger partial charge < -0.3 is 0 Å². The summed E-state index contributed by atoms with van der Waals surface area (Å²) in [7, 11) is 0. The molecular weight excluding hydrogens is 290 g/mol. The molecule has 20 heavy (non-hydrogen) atoms. The number of rotatable bonds is 4. The van der Waals surface area contributed by atoms with Gasteiger partial charge in [0.25, 0.3) is 5.91 Å². The van der Waals surface area contributed by atoms with Crippen molar-refractivity contribution in [1.29, 1.82) is 0 Å². The van der Waals surface area contributed by atoms with E-state index in [1.807, 2.05) is 31.4 Å². The van der Waals surface area contributed by atoms with Crippen molar-refractivity contribution >= 4 is 34.1 Å². The summed E-state index contributed by atoms with van der Waals surface area (Å²) in [5, 5.41) is 12.4. The van der Waals surface area contributed by atoms with E-state index in [4.69, 9.17) is 0 Å². The molecular formula is C14H17N3OS2. The van der Waals surface area contributed by atoms with Crippen molar-refractivity contribution in [2.45, 2.75) is 31.6 Å². The number of hydrogen-bond acceptors (Lipinski definition) is 5. The summed E-state index contributed by atoms with van der Waals surface area (Å²) in [6.07, 6.45) is 1.99. The van der Waals surface area contributed by atoms with E-state index in [1.165, 1.54) is 11.3 Å². The molecule has 4 nitrogen and oxygen atoms in total. The first-order valence-corrected chi connectivity index (χ1v) is 8.34. The SMILES string of the molecule is CSc1ccc(C)c(C(=O)Nc2nnc(C(C)C)s2)c1. The molecule has 0 radical (unpaired) electrons. The van der Waals surface area contributed by atoms with Crippen LogP contribution >= 0.6 is 23.1 Å². The average Bonchev–Trinajstić information content (AvgIpc) is 2.88. The summed E-state index contributed by atoms with van der Waals surface area (Å²) in [5.74, 6) is 0.185. The Bertz CT molecular complexity index is 623. The van der Waals surface area contributed by atoms with Crippen LogP contribution in [0.15, 0.2) is 23.1 Å². The third-order valence-corrected chi connectivity index (χ3v) is 4.71. The normalized spacial score (nSPS) is 10.8. The van der Waals surface area contributed by atoms with Gasteiger partial charge in [-0.15, -0.1) is 22.0 Å². The third kappa shape index (κ3) is 3.37. The molecule has 0 aliphatic rings. The van der Waals surface area contributed by atoms with Crippen molar-refractivity contribution in [2.75, 3.05) is 11.6 Å². The van der Waals surface area contributed by atoms with Crippen molar-refractivity contribution in [1.82, 2.24) is 10.2 Å². The number of nitrogens with zero attached hydrogens (tertiary/aromatic N) is 2. The maximum atomic E-state index is 12.3. The van der Waals surface area contributed by atoms with Crippen LogP contribution < -0.4 is 5.32 Å². The van der Waals surface area contributed by atoms with Gasteiger partial charge in [0.2, 0.25) is 5.13 Å². The molecule has 0 aliphatic carbocycles. The number of carbonyl (C=O) groups is 1. The number of nitrogens with one attached hydrogen (secondary N) is 1. The molecule has 1 heterocycles. The number of benzene rings is 1. The van der Waals surface area contributed by atoms with Crippen molar-refractivity contribution < 1.29 is 4.79 Å². The second kappa shape index (κ2) is 6.37. The lowest BCUT2D eigenvalue weighted by molar-refractivity contribution is 0.102. The van der Waals surface area contributed by atoms with Gasteiger partial charge in [0.15, 0.2) is 0 Å². The molecule has 1 N–H and O–H groups in total. The molecule has 106 valence electrons. The lowest BCUT2D eigenvalue weighted by Crippen LogP contribution is -2.13. The zero-order chi connectivity index (χ0) is 14.7. The molecule has 0 unspecified atom stereocenters. The minimum absolute atomic E-state index is 0.134. The van der Waals surface area contributed by atoms with Gasteiger partial charge in [0.05, 0.1) is 0 Å². The van der Waals surface area contributed by atoms with Gasteiger partial charge in [0, 0.05) is 16.4 Å². The Labute approximate surface area is 127 Å². The fourth-order valence-corrected chi connectivity index (χ4v) is 2.84. The summed E-state index contributed by atoms with van der Waals surface area (Å²) < 4.78 is 0. The highest BCUT2D eigenvalue weighted by Crippen LogP contribution is 2.24. The van der Waals surface area contributed by atoms with Gasteiger partial charge in [0.1, 0.15) is 5.01 Å². The summed E-state index contributed by atoms with van der Waals surface area (Å²) in [6, 6.07) is 5.87. The highest BCUT2D eigenvalue weighted by molar-refractivity contribution is 7.98. The van der Waals surface area contributed by atoms with Crippen molar-refractivity contribution in [2.24, 2.45) is 0 Å². The van der Waals surface area contributed by atoms with Crippen molar-refractivity contribution in [3.63, 3.8) is 0 Å². The summed E-state index contributed by atoms with van der Waals surface area (Å²) >= 11 is 3.04. The van der Waals surface area contributed by atoms with Gasteiger partial charge in [-0.1, -0.05) is 31.3 Å². The third-order valence-electron chi connectivity index (χ3n) is 2.84. The maximum Gasteiger partial charge on any atom is 0.257 e. The van der Waals surface area contributed by atoms with E-state index in [0.717, 1.165) is 15.5 Å². The molecule has 0 spiro atoms. The number of amides is 1. The molecule has 0 aliphatic heterocycles. The summed E-state index contributed by atoms with van der Waals surface area (Å²) in [4.78, 5) is 13.4. The molecule has 1 aromatic heterocycles. The Morgan fingerprint density at radius 1 is 1.35 bits per heavy atom. The Kier molecular flexibility index (Phi) is 4.77. The van der Waals surface area contributed by atoms with E-state index in [2.05, 4.69) is 29.4 Å². The molecule has 6 heteroatoms. The second-order valence-electron chi connectivity index (χ2n) is 4.74. The number of aromatic nitrogens is 2. The van der Waals surface area contributed by atoms with Crippen LogP contribution in [0.4, 0.5) is 5.13 Å². The van der Waals surface area contributed by atoms with Gasteiger partial charge in [-0.3, -0.25) is 10.1 Å². The first-order valence-electron chi connectivity index (χ1n) is 6.30. The fourth-order valence-electron chi connectivity index (χ4n) is 1.66. The van der Waals surface area contributed by atoms with Gasteiger partial charge in [-0.2, -0.15) is 0 Å². The van der Waals surface area contributed by atoms with Crippen LogP contribution in [-0.2, 0) is 0 Å². The van der Waals surface area contributed by atoms with E-state index >= 15 is 0 Å². The van der Waals surface area contributed by atoms with Gasteiger partial charge in [-0.25, -0.2) is 0 Å². The Balaban J connectivity index is 2.19. The highest BCUT2D eigenvalue weighted by Gasteiger charge is 2.14. The van der Waals surface area contributed by atoms with Crippen LogP contribution in [0.2, 0.25) is 0 Å². The molecule has 0 bridgehead atoms. The molecule has 0 atom stereocenters. The maximum absolute atomic E-state index is 12.3. The first kappa shape index (κ1) is 15.0. The molecule has 0 saturated carbocycles. The topological polar surface area (TPSA) is 54.9 Å². The smallest absolute Gasteiger partial charge is 0.257 e. The molecule has 0 fully saturated rings. The Morgan fingerprint density at radius 3 is 2.70 bits per heavy atom. The van der Waals surface area contributed by atoms with Crippen LogP contribution in [0.5, 0.6) is 0 Å². The van der Waals surface area contributed by atoms with Crippen molar-refractivity contribution in [3.05, 3.63) is 34.3 Å². The lowest BCUT2D eigenvalue weighted by Gasteiger charge is -2.06. The number of thioether (sulfide) groups is 1. The van der Waals surface area contributed by atoms with Crippen LogP contribution in [0.1, 0.15) is 40.7 Å². The van der Waals surface area contributed by atoms with Crippen LogP contribution in [-0.4, -0.2) is 22.4 Å². The molecule has 2 aromatic rings. The quantitative estimate of drug-likeness (QED) is 0.869. The zero-order valence-corrected chi connectivity index (χ0v) is 13.6. The summed E-state index contributed by atoms with van der Waals surface area (Å²) in [6.45, 7) is 6.04. The summed E-state index contributed by atoms with van der Waals surface area (Å²) in [5.41, 5.74) is 1.63. The zero-order valence-electron chi connectivity index (χ0n) is 11.9. The van der Waals surface area contributed by atoms with Gasteiger partial charge in [-0.05, 0) is 30.9 Å². The largest absolute Gasteiger partial charge is 0.296 e. The van der Waals surface area contributed by atoms with E-state index in [9.17, 15) is 4.79 Å². The van der Waals surface area contributed by atoms with E-state index < -0.39 is 0 Å². The first-order chi connectivity index (χ1) is 9.51. The predicted octanol–water partition coefficient (Wildman–Crippen LogP) is 3.94. The molecule has 1 aromatic carbocycles. The highest BCUT2D eigenvalue weighted by atomic mass is 32.2. The second-order valence-corrected chi connectivity index (χ2v) is 6.62. The van der Waals surface area contributed by atoms with E-state index in [-0.39, 0.29) is 5.91 Å². The number of carbonyl (C=O) groups excluding carboxylic acids is 1. The average molecular weight is 307 g/mol. The van der Waals surface area contributed by atoms with Crippen LogP contribution in [0.3, 0.4) is 0 Å². The fraction of sp³-hybridized carbons (Fsp3) is 0.357. The predicted molar refractivity (Wildman–Crippen MR) is 84.9 cm³/mol. The van der Waals surface area contributed by atoms with Crippen LogP contribution in [0.25, 0.3) is 0 Å². The number of hydrogen-bond donors (Lipinski definition) is 1. The standard InChI is InChI=1S/C14H17N3OS2/c1-8(2)13-16-17-14(20-13)15-12(18)11-7-10(19-4)6-5-9(11)3/h5-8H,1-4H3,(H,15,17,18). The molecule has 0 saturated heterocycles. The number of anilines is 1. The lowest BCUT2D eigenvalue weighted by atomic mass is 10.1. The molecule has 2 rings (SSSR count). The van der Waals surface area contributed by atoms with Gasteiger partial charge >= 0.3 is 0 Å². The minimum atomic E-state index is -0.134. The van der Waals surface area contributed by atoms with Crippen LogP contribution in [0, 0.1) is 6.92 Å². The Morgan fingerprint density at radius 2 is 2.10 bits per heavy atom.